The van der Waals surface area contributed by atoms with Crippen LogP contribution in [0.3, 0.4) is 0 Å². The minimum atomic E-state index is 0.0851. The summed E-state index contributed by atoms with van der Waals surface area (Å²) in [5.41, 5.74) is 0.732. The van der Waals surface area contributed by atoms with Crippen LogP contribution in [-0.2, 0) is 11.8 Å². The van der Waals surface area contributed by atoms with Crippen LogP contribution in [0.1, 0.15) is 10.5 Å². The van der Waals surface area contributed by atoms with Crippen molar-refractivity contribution < 1.29 is 9.53 Å². The van der Waals surface area contributed by atoms with E-state index in [0.29, 0.717) is 19.7 Å². The van der Waals surface area contributed by atoms with Crippen LogP contribution >= 0.6 is 0 Å². The van der Waals surface area contributed by atoms with Crippen LogP contribution in [0.15, 0.2) is 18.3 Å². The third kappa shape index (κ3) is 2.68. The van der Waals surface area contributed by atoms with Gasteiger partial charge in [0, 0.05) is 32.9 Å². The van der Waals surface area contributed by atoms with Gasteiger partial charge in [-0.15, -0.1) is 0 Å². The summed E-state index contributed by atoms with van der Waals surface area (Å²) in [5, 5.41) is 3.07. The van der Waals surface area contributed by atoms with Crippen LogP contribution in [0, 0.1) is 0 Å². The van der Waals surface area contributed by atoms with Gasteiger partial charge in [-0.25, -0.2) is 0 Å². The molecule has 1 aliphatic heterocycles. The van der Waals surface area contributed by atoms with Crippen molar-refractivity contribution >= 4 is 5.91 Å². The molecule has 1 aliphatic rings. The molecule has 1 aromatic heterocycles. The molecule has 0 bridgehead atoms. The van der Waals surface area contributed by atoms with E-state index in [0.717, 1.165) is 12.2 Å². The highest BCUT2D eigenvalue weighted by Crippen LogP contribution is 2.10. The zero-order valence-corrected chi connectivity index (χ0v) is 10.3. The number of hydrogen-bond donors (Lipinski definition) is 1. The van der Waals surface area contributed by atoms with Gasteiger partial charge in [0.05, 0.1) is 12.7 Å². The van der Waals surface area contributed by atoms with Crippen molar-refractivity contribution in [2.45, 2.75) is 6.10 Å². The van der Waals surface area contributed by atoms with Crippen LogP contribution in [-0.4, -0.2) is 54.8 Å². The summed E-state index contributed by atoms with van der Waals surface area (Å²) in [6, 6.07) is 3.74. The minimum Gasteiger partial charge on any atom is -0.373 e. The summed E-state index contributed by atoms with van der Waals surface area (Å²) >= 11 is 0. The van der Waals surface area contributed by atoms with Crippen LogP contribution in [0.5, 0.6) is 0 Å². The number of carbonyl (C=O) groups excluding carboxylic acids is 1. The molecule has 0 spiro atoms. The maximum Gasteiger partial charge on any atom is 0.270 e. The van der Waals surface area contributed by atoms with Gasteiger partial charge in [0.15, 0.2) is 0 Å². The van der Waals surface area contributed by atoms with Crippen molar-refractivity contribution in [3.8, 4) is 0 Å². The standard InChI is InChI=1S/C12H19N3O2/c1-13-8-10-9-15(6-7-17-10)12(16)11-4-3-5-14(11)2/h3-5,10,13H,6-9H2,1-2H3. The number of aryl methyl sites for hydroxylation is 1. The summed E-state index contributed by atoms with van der Waals surface area (Å²) in [7, 11) is 3.78. The Kier molecular flexibility index (Phi) is 3.81. The number of amides is 1. The van der Waals surface area contributed by atoms with Gasteiger partial charge in [0.25, 0.3) is 5.91 Å². The van der Waals surface area contributed by atoms with Gasteiger partial charge in [-0.2, -0.15) is 0 Å². The fraction of sp³-hybridized carbons (Fsp3) is 0.583. The Hall–Kier alpha value is -1.33. The van der Waals surface area contributed by atoms with E-state index in [1.54, 1.807) is 0 Å². The molecule has 17 heavy (non-hydrogen) atoms. The van der Waals surface area contributed by atoms with E-state index in [9.17, 15) is 4.79 Å². The quantitative estimate of drug-likeness (QED) is 0.810. The van der Waals surface area contributed by atoms with Crippen LogP contribution in [0.4, 0.5) is 0 Å². The van der Waals surface area contributed by atoms with Crippen LogP contribution in [0.25, 0.3) is 0 Å². The van der Waals surface area contributed by atoms with E-state index < -0.39 is 0 Å². The maximum absolute atomic E-state index is 12.3. The van der Waals surface area contributed by atoms with E-state index in [4.69, 9.17) is 4.74 Å². The van der Waals surface area contributed by atoms with Gasteiger partial charge in [-0.1, -0.05) is 0 Å². The fourth-order valence-electron chi connectivity index (χ4n) is 2.10. The highest BCUT2D eigenvalue weighted by Gasteiger charge is 2.25. The lowest BCUT2D eigenvalue weighted by Gasteiger charge is -2.33. The Balaban J connectivity index is 2.02. The smallest absolute Gasteiger partial charge is 0.270 e. The number of aromatic nitrogens is 1. The first-order valence-corrected chi connectivity index (χ1v) is 5.89. The number of nitrogens with one attached hydrogen (secondary N) is 1. The molecule has 1 atom stereocenters. The molecule has 1 amide bonds. The zero-order valence-electron chi connectivity index (χ0n) is 10.3. The van der Waals surface area contributed by atoms with Gasteiger partial charge < -0.3 is 19.5 Å². The summed E-state index contributed by atoms with van der Waals surface area (Å²) in [4.78, 5) is 14.1. The monoisotopic (exact) mass is 237 g/mol. The van der Waals surface area contributed by atoms with Crippen LogP contribution in [0.2, 0.25) is 0 Å². The van der Waals surface area contributed by atoms with Crippen molar-refractivity contribution in [2.24, 2.45) is 7.05 Å². The van der Waals surface area contributed by atoms with Crippen molar-refractivity contribution in [3.63, 3.8) is 0 Å². The Bertz CT molecular complexity index is 387. The van der Waals surface area contributed by atoms with Crippen LogP contribution < -0.4 is 5.32 Å². The Morgan fingerprint density at radius 1 is 1.65 bits per heavy atom. The molecule has 5 heteroatoms. The Morgan fingerprint density at radius 2 is 2.47 bits per heavy atom. The molecule has 1 fully saturated rings. The molecule has 1 unspecified atom stereocenters. The first-order valence-electron chi connectivity index (χ1n) is 5.89. The van der Waals surface area contributed by atoms with E-state index in [-0.39, 0.29) is 12.0 Å². The molecule has 1 aromatic rings. The highest BCUT2D eigenvalue weighted by molar-refractivity contribution is 5.92. The average Bonchev–Trinajstić information content (AvgIpc) is 2.75. The van der Waals surface area contributed by atoms with E-state index in [2.05, 4.69) is 5.32 Å². The molecule has 1 saturated heterocycles. The molecule has 5 nitrogen and oxygen atoms in total. The summed E-state index contributed by atoms with van der Waals surface area (Å²) < 4.78 is 7.44. The molecule has 94 valence electrons. The summed E-state index contributed by atoms with van der Waals surface area (Å²) in [6.07, 6.45) is 1.98. The molecular weight excluding hydrogens is 218 g/mol. The molecule has 0 radical (unpaired) electrons. The number of hydrogen-bond acceptors (Lipinski definition) is 3. The van der Waals surface area contributed by atoms with Crippen molar-refractivity contribution in [1.29, 1.82) is 0 Å². The normalized spacial score (nSPS) is 20.6. The number of rotatable bonds is 3. The van der Waals surface area contributed by atoms with Gasteiger partial charge in [0.2, 0.25) is 0 Å². The molecule has 0 saturated carbocycles. The first-order chi connectivity index (χ1) is 8.22. The average molecular weight is 237 g/mol. The second-order valence-corrected chi connectivity index (χ2v) is 4.31. The number of nitrogens with zero attached hydrogens (tertiary/aromatic N) is 2. The van der Waals surface area contributed by atoms with E-state index in [1.165, 1.54) is 0 Å². The van der Waals surface area contributed by atoms with Crippen molar-refractivity contribution in [3.05, 3.63) is 24.0 Å². The SMILES string of the molecule is CNCC1CN(C(=O)c2cccn2C)CCO1. The van der Waals surface area contributed by atoms with Crippen molar-refractivity contribution in [2.75, 3.05) is 33.3 Å². The molecule has 1 N–H and O–H groups in total. The summed E-state index contributed by atoms with van der Waals surface area (Å²) in [6.45, 7) is 2.72. The maximum atomic E-state index is 12.3. The van der Waals surface area contributed by atoms with Gasteiger partial charge in [-0.05, 0) is 19.2 Å². The molecule has 0 aromatic carbocycles. The lowest BCUT2D eigenvalue weighted by Crippen LogP contribution is -2.48. The molecular formula is C12H19N3O2. The third-order valence-corrected chi connectivity index (χ3v) is 3.02. The largest absolute Gasteiger partial charge is 0.373 e. The molecule has 2 rings (SSSR count). The molecule has 0 aliphatic carbocycles. The summed E-state index contributed by atoms with van der Waals surface area (Å²) in [5.74, 6) is 0.0851. The lowest BCUT2D eigenvalue weighted by atomic mass is 10.2. The molecule has 2 heterocycles. The van der Waals surface area contributed by atoms with Gasteiger partial charge in [-0.3, -0.25) is 4.79 Å². The second kappa shape index (κ2) is 5.33. The number of ether oxygens (including phenoxy) is 1. The van der Waals surface area contributed by atoms with Crippen molar-refractivity contribution in [1.82, 2.24) is 14.8 Å². The zero-order chi connectivity index (χ0) is 12.3. The highest BCUT2D eigenvalue weighted by atomic mass is 16.5. The lowest BCUT2D eigenvalue weighted by molar-refractivity contribution is -0.0199. The van der Waals surface area contributed by atoms with E-state index in [1.807, 2.05) is 41.9 Å². The predicted octanol–water partition coefficient (Wildman–Crippen LogP) is 0.0855. The fourth-order valence-corrected chi connectivity index (χ4v) is 2.10. The number of morpholine rings is 1. The third-order valence-electron chi connectivity index (χ3n) is 3.02. The van der Waals surface area contributed by atoms with Gasteiger partial charge in [0.1, 0.15) is 5.69 Å². The first kappa shape index (κ1) is 12.1. The topological polar surface area (TPSA) is 46.5 Å². The van der Waals surface area contributed by atoms with E-state index >= 15 is 0 Å². The second-order valence-electron chi connectivity index (χ2n) is 4.31. The van der Waals surface area contributed by atoms with Gasteiger partial charge >= 0.3 is 0 Å². The predicted molar refractivity (Wildman–Crippen MR) is 65.0 cm³/mol. The number of likely N-dealkylation sites (N-methyl/N-ethyl adjacent to an activating group) is 1. The Morgan fingerprint density at radius 3 is 3.12 bits per heavy atom. The Labute approximate surface area is 101 Å². The minimum absolute atomic E-state index is 0.0851. The number of carbonyl (C=O) groups is 1.